The lowest BCUT2D eigenvalue weighted by molar-refractivity contribution is -0.114. The maximum atomic E-state index is 13.5. The number of carbonyl (C=O) groups is 1. The van der Waals surface area contributed by atoms with E-state index in [0.29, 0.717) is 16.4 Å². The molecule has 1 aromatic heterocycles. The molecule has 8 heteroatoms. The minimum Gasteiger partial charge on any atom is -0.325 e. The van der Waals surface area contributed by atoms with Gasteiger partial charge in [0.15, 0.2) is 0 Å². The highest BCUT2D eigenvalue weighted by Gasteiger charge is 2.27. The average molecular weight is 520 g/mol. The molecule has 4 aromatic rings. The van der Waals surface area contributed by atoms with Crippen LogP contribution in [0.25, 0.3) is 0 Å². The van der Waals surface area contributed by atoms with E-state index in [4.69, 9.17) is 11.6 Å². The maximum absolute atomic E-state index is 13.5. The van der Waals surface area contributed by atoms with Crippen molar-refractivity contribution >= 4 is 38.9 Å². The summed E-state index contributed by atoms with van der Waals surface area (Å²) in [6, 6.07) is 22.8. The number of sulfonamides is 1. The highest BCUT2D eigenvalue weighted by molar-refractivity contribution is 7.92. The second kappa shape index (κ2) is 10.9. The quantitative estimate of drug-likeness (QED) is 0.320. The molecule has 0 radical (unpaired) electrons. The van der Waals surface area contributed by atoms with Gasteiger partial charge < -0.3 is 5.32 Å². The van der Waals surface area contributed by atoms with Gasteiger partial charge in [-0.1, -0.05) is 47.5 Å². The average Bonchev–Trinajstić information content (AvgIpc) is 2.86. The molecule has 36 heavy (non-hydrogen) atoms. The second-order valence-corrected chi connectivity index (χ2v) is 10.8. The zero-order chi connectivity index (χ0) is 25.7. The topological polar surface area (TPSA) is 79.4 Å². The van der Waals surface area contributed by atoms with Crippen molar-refractivity contribution in [3.8, 4) is 0 Å². The van der Waals surface area contributed by atoms with E-state index in [-0.39, 0.29) is 4.90 Å². The molecule has 6 nitrogen and oxygen atoms in total. The van der Waals surface area contributed by atoms with Gasteiger partial charge in [-0.25, -0.2) is 8.42 Å². The van der Waals surface area contributed by atoms with Crippen molar-refractivity contribution in [3.05, 3.63) is 119 Å². The lowest BCUT2D eigenvalue weighted by atomic mass is 10.1. The molecule has 0 fully saturated rings. The third-order valence-corrected chi connectivity index (χ3v) is 7.93. The molecule has 1 N–H and O–H groups in total. The Labute approximate surface area is 216 Å². The van der Waals surface area contributed by atoms with Gasteiger partial charge in [-0.3, -0.25) is 14.1 Å². The number of rotatable bonds is 8. The predicted octanol–water partition coefficient (Wildman–Crippen LogP) is 5.78. The standard InChI is InChI=1S/C28H26ClN3O3S/c1-20-3-11-26(12-4-20)36(34,35)32(25-10-5-21(2)27(29)18-25)19-28(33)31-24-8-6-22(7-9-24)17-23-13-15-30-16-14-23/h3-16,18H,17,19H2,1-2H3,(H,31,33). The predicted molar refractivity (Wildman–Crippen MR) is 144 cm³/mol. The van der Waals surface area contributed by atoms with E-state index < -0.39 is 22.5 Å². The van der Waals surface area contributed by atoms with Gasteiger partial charge in [-0.2, -0.15) is 0 Å². The van der Waals surface area contributed by atoms with Crippen LogP contribution in [0.4, 0.5) is 11.4 Å². The molecule has 0 atom stereocenters. The molecule has 0 aliphatic heterocycles. The van der Waals surface area contributed by atoms with E-state index in [2.05, 4.69) is 10.3 Å². The van der Waals surface area contributed by atoms with Gasteiger partial charge in [0, 0.05) is 23.1 Å². The van der Waals surface area contributed by atoms with Crippen LogP contribution in [-0.2, 0) is 21.2 Å². The third kappa shape index (κ3) is 6.11. The van der Waals surface area contributed by atoms with Gasteiger partial charge >= 0.3 is 0 Å². The molecule has 0 aliphatic rings. The molecule has 4 rings (SSSR count). The number of pyridine rings is 1. The fourth-order valence-electron chi connectivity index (χ4n) is 3.66. The van der Waals surface area contributed by atoms with E-state index in [0.717, 1.165) is 33.0 Å². The van der Waals surface area contributed by atoms with Crippen LogP contribution in [0.2, 0.25) is 5.02 Å². The van der Waals surface area contributed by atoms with Gasteiger partial charge in [0.25, 0.3) is 10.0 Å². The number of nitrogens with one attached hydrogen (secondary N) is 1. The van der Waals surface area contributed by atoms with E-state index in [9.17, 15) is 13.2 Å². The van der Waals surface area contributed by atoms with E-state index in [1.54, 1.807) is 54.9 Å². The number of aromatic nitrogens is 1. The minimum atomic E-state index is -4.02. The lowest BCUT2D eigenvalue weighted by Gasteiger charge is -2.24. The Balaban J connectivity index is 1.55. The minimum absolute atomic E-state index is 0.0954. The number of amides is 1. The number of carbonyl (C=O) groups excluding carboxylic acids is 1. The van der Waals surface area contributed by atoms with Crippen LogP contribution in [0.1, 0.15) is 22.3 Å². The van der Waals surface area contributed by atoms with E-state index in [1.807, 2.05) is 38.1 Å². The van der Waals surface area contributed by atoms with Crippen LogP contribution in [0.3, 0.4) is 0 Å². The Kier molecular flexibility index (Phi) is 7.72. The summed E-state index contributed by atoms with van der Waals surface area (Å²) in [6.07, 6.45) is 4.25. The van der Waals surface area contributed by atoms with Crippen molar-refractivity contribution in [2.45, 2.75) is 25.2 Å². The summed E-state index contributed by atoms with van der Waals surface area (Å²) in [5.74, 6) is -0.468. The fraction of sp³-hybridized carbons (Fsp3) is 0.143. The SMILES string of the molecule is Cc1ccc(S(=O)(=O)N(CC(=O)Nc2ccc(Cc3ccncc3)cc2)c2ccc(C)c(Cl)c2)cc1. The summed E-state index contributed by atoms with van der Waals surface area (Å²) in [7, 11) is -4.02. The smallest absolute Gasteiger partial charge is 0.264 e. The first-order chi connectivity index (χ1) is 17.2. The van der Waals surface area contributed by atoms with Crippen molar-refractivity contribution in [2.75, 3.05) is 16.2 Å². The molecule has 1 amide bonds. The summed E-state index contributed by atoms with van der Waals surface area (Å²) in [4.78, 5) is 17.1. The van der Waals surface area contributed by atoms with Gasteiger partial charge in [0.2, 0.25) is 5.91 Å². The summed E-state index contributed by atoms with van der Waals surface area (Å²) in [6.45, 7) is 3.30. The number of hydrogen-bond acceptors (Lipinski definition) is 4. The second-order valence-electron chi connectivity index (χ2n) is 8.54. The maximum Gasteiger partial charge on any atom is 0.264 e. The summed E-state index contributed by atoms with van der Waals surface area (Å²) >= 11 is 6.29. The fourth-order valence-corrected chi connectivity index (χ4v) is 5.25. The number of benzene rings is 3. The van der Waals surface area contributed by atoms with Crippen LogP contribution >= 0.6 is 11.6 Å². The summed E-state index contributed by atoms with van der Waals surface area (Å²) in [5.41, 5.74) is 4.85. The number of halogens is 1. The first-order valence-corrected chi connectivity index (χ1v) is 13.2. The normalized spacial score (nSPS) is 11.2. The molecule has 0 bridgehead atoms. The van der Waals surface area contributed by atoms with Crippen molar-refractivity contribution in [1.29, 1.82) is 0 Å². The Morgan fingerprint density at radius 1 is 0.889 bits per heavy atom. The lowest BCUT2D eigenvalue weighted by Crippen LogP contribution is -2.38. The molecule has 0 saturated carbocycles. The van der Waals surface area contributed by atoms with Crippen LogP contribution < -0.4 is 9.62 Å². The van der Waals surface area contributed by atoms with Crippen molar-refractivity contribution in [3.63, 3.8) is 0 Å². The largest absolute Gasteiger partial charge is 0.325 e. The Hall–Kier alpha value is -3.68. The Bertz CT molecular complexity index is 1460. The molecule has 0 spiro atoms. The van der Waals surface area contributed by atoms with Gasteiger partial charge in [-0.05, 0) is 85.5 Å². The van der Waals surface area contributed by atoms with Crippen LogP contribution in [0, 0.1) is 13.8 Å². The number of aryl methyl sites for hydroxylation is 2. The number of nitrogens with zero attached hydrogens (tertiary/aromatic N) is 2. The molecular weight excluding hydrogens is 494 g/mol. The van der Waals surface area contributed by atoms with Gasteiger partial charge in [-0.15, -0.1) is 0 Å². The number of hydrogen-bond donors (Lipinski definition) is 1. The molecule has 184 valence electrons. The third-order valence-electron chi connectivity index (χ3n) is 5.73. The van der Waals surface area contributed by atoms with Crippen molar-refractivity contribution in [1.82, 2.24) is 4.98 Å². The summed E-state index contributed by atoms with van der Waals surface area (Å²) < 4.78 is 28.2. The monoisotopic (exact) mass is 519 g/mol. The molecule has 1 heterocycles. The first kappa shape index (κ1) is 25.4. The molecule has 0 unspecified atom stereocenters. The van der Waals surface area contributed by atoms with Crippen LogP contribution in [-0.4, -0.2) is 25.9 Å². The summed E-state index contributed by atoms with van der Waals surface area (Å²) in [5, 5.41) is 3.22. The highest BCUT2D eigenvalue weighted by atomic mass is 35.5. The van der Waals surface area contributed by atoms with Crippen LogP contribution in [0.5, 0.6) is 0 Å². The zero-order valence-corrected chi connectivity index (χ0v) is 21.6. The molecule has 0 aliphatic carbocycles. The van der Waals surface area contributed by atoms with Crippen molar-refractivity contribution in [2.24, 2.45) is 0 Å². The highest BCUT2D eigenvalue weighted by Crippen LogP contribution is 2.28. The first-order valence-electron chi connectivity index (χ1n) is 11.4. The van der Waals surface area contributed by atoms with Crippen LogP contribution in [0.15, 0.2) is 96.2 Å². The molecule has 3 aromatic carbocycles. The Morgan fingerprint density at radius 2 is 1.53 bits per heavy atom. The van der Waals surface area contributed by atoms with Gasteiger partial charge in [0.1, 0.15) is 6.54 Å². The van der Waals surface area contributed by atoms with Gasteiger partial charge in [0.05, 0.1) is 10.6 Å². The number of anilines is 2. The van der Waals surface area contributed by atoms with Crippen molar-refractivity contribution < 1.29 is 13.2 Å². The molecule has 0 saturated heterocycles. The van der Waals surface area contributed by atoms with E-state index in [1.165, 1.54) is 12.1 Å². The molecular formula is C28H26ClN3O3S. The zero-order valence-electron chi connectivity index (χ0n) is 20.0. The van der Waals surface area contributed by atoms with E-state index >= 15 is 0 Å². The Morgan fingerprint density at radius 3 is 2.17 bits per heavy atom.